The summed E-state index contributed by atoms with van der Waals surface area (Å²) in [6.07, 6.45) is 0. The van der Waals surface area contributed by atoms with Crippen LogP contribution in [-0.4, -0.2) is 10.2 Å². The summed E-state index contributed by atoms with van der Waals surface area (Å²) in [7, 11) is 0. The van der Waals surface area contributed by atoms with Gasteiger partial charge in [-0.15, -0.1) is 0 Å². The number of anilines is 2. The number of benzene rings is 5. The van der Waals surface area contributed by atoms with Crippen LogP contribution in [0.15, 0.2) is 84.9 Å². The summed E-state index contributed by atoms with van der Waals surface area (Å²) in [6, 6.07) is 26.9. The van der Waals surface area contributed by atoms with Crippen LogP contribution in [0.1, 0.15) is 0 Å². The van der Waals surface area contributed by atoms with Crippen LogP contribution in [0.4, 0.5) is 11.4 Å². The normalized spacial score (nSPS) is 11.2. The molecular weight excluding hydrogens is 372 g/mol. The molecule has 0 radical (unpaired) electrons. The van der Waals surface area contributed by atoms with Crippen LogP contribution in [0.2, 0.25) is 0 Å². The Kier molecular flexibility index (Phi) is 4.00. The zero-order valence-corrected chi connectivity index (χ0v) is 16.1. The maximum absolute atomic E-state index is 10.8. The second-order valence-corrected chi connectivity index (χ2v) is 7.40. The fraction of sp³-hybridized carbons (Fsp3) is 0. The monoisotopic (exact) mass is 392 g/mol. The van der Waals surface area contributed by atoms with E-state index in [2.05, 4.69) is 24.3 Å². The van der Waals surface area contributed by atoms with Crippen molar-refractivity contribution in [1.82, 2.24) is 0 Å². The van der Waals surface area contributed by atoms with E-state index in [9.17, 15) is 10.2 Å². The molecule has 5 aromatic carbocycles. The van der Waals surface area contributed by atoms with Gasteiger partial charge in [-0.2, -0.15) is 0 Å². The summed E-state index contributed by atoms with van der Waals surface area (Å²) in [5.41, 5.74) is 15.3. The summed E-state index contributed by atoms with van der Waals surface area (Å²) in [5, 5.41) is 25.7. The van der Waals surface area contributed by atoms with Gasteiger partial charge in [-0.05, 0) is 51.4 Å². The third kappa shape index (κ3) is 2.70. The lowest BCUT2D eigenvalue weighted by atomic mass is 9.87. The van der Waals surface area contributed by atoms with Crippen molar-refractivity contribution >= 4 is 32.9 Å². The number of para-hydroxylation sites is 2. The van der Waals surface area contributed by atoms with Gasteiger partial charge < -0.3 is 21.7 Å². The third-order valence-electron chi connectivity index (χ3n) is 5.58. The molecular formula is C26H20N2O2. The molecule has 0 amide bonds. The Morgan fingerprint density at radius 3 is 1.80 bits per heavy atom. The number of aromatic hydroxyl groups is 2. The molecule has 0 spiro atoms. The number of phenols is 2. The SMILES string of the molecule is Nc1cccc(-c2ccc3cc4ccccc4cc3c2-c2cccc(N)c2O)c1O. The predicted octanol–water partition coefficient (Wildman–Crippen LogP) is 5.90. The summed E-state index contributed by atoms with van der Waals surface area (Å²) in [5.74, 6) is 0.0325. The molecule has 0 saturated heterocycles. The highest BCUT2D eigenvalue weighted by Crippen LogP contribution is 2.46. The van der Waals surface area contributed by atoms with E-state index < -0.39 is 0 Å². The molecule has 0 aliphatic heterocycles. The van der Waals surface area contributed by atoms with Crippen molar-refractivity contribution in [3.05, 3.63) is 84.9 Å². The lowest BCUT2D eigenvalue weighted by Gasteiger charge is -2.18. The number of fused-ring (bicyclic) bond motifs is 2. The molecule has 0 atom stereocenters. The van der Waals surface area contributed by atoms with E-state index in [1.165, 1.54) is 0 Å². The molecule has 0 fully saturated rings. The molecule has 6 N–H and O–H groups in total. The largest absolute Gasteiger partial charge is 0.505 e. The van der Waals surface area contributed by atoms with Crippen LogP contribution < -0.4 is 11.5 Å². The second kappa shape index (κ2) is 6.71. The van der Waals surface area contributed by atoms with Crippen molar-refractivity contribution in [2.45, 2.75) is 0 Å². The van der Waals surface area contributed by atoms with E-state index in [1.54, 1.807) is 18.2 Å². The lowest BCUT2D eigenvalue weighted by molar-refractivity contribution is 0.479. The van der Waals surface area contributed by atoms with Crippen LogP contribution in [0.25, 0.3) is 43.8 Å². The quantitative estimate of drug-likeness (QED) is 0.171. The lowest BCUT2D eigenvalue weighted by Crippen LogP contribution is -1.94. The van der Waals surface area contributed by atoms with Gasteiger partial charge in [-0.25, -0.2) is 0 Å². The van der Waals surface area contributed by atoms with E-state index >= 15 is 0 Å². The highest BCUT2D eigenvalue weighted by molar-refractivity contribution is 6.11. The summed E-state index contributed by atoms with van der Waals surface area (Å²) in [6.45, 7) is 0. The number of phenolic OH excluding ortho intramolecular Hbond substituents is 2. The van der Waals surface area contributed by atoms with Crippen molar-refractivity contribution in [3.8, 4) is 33.8 Å². The number of hydrogen-bond donors (Lipinski definition) is 4. The van der Waals surface area contributed by atoms with E-state index in [1.807, 2.05) is 42.5 Å². The van der Waals surface area contributed by atoms with Gasteiger partial charge in [0, 0.05) is 16.7 Å². The molecule has 0 aliphatic carbocycles. The topological polar surface area (TPSA) is 92.5 Å². The van der Waals surface area contributed by atoms with Gasteiger partial charge in [0.05, 0.1) is 11.4 Å². The standard InChI is InChI=1S/C26H20N2O2/c27-22-9-3-7-19(25(22)29)18-12-11-17-13-15-5-1-2-6-16(15)14-21(17)24(18)20-8-4-10-23(28)26(20)30/h1-14,29-30H,27-28H2. The number of rotatable bonds is 2. The zero-order chi connectivity index (χ0) is 20.8. The second-order valence-electron chi connectivity index (χ2n) is 7.40. The fourth-order valence-electron chi connectivity index (χ4n) is 4.07. The molecule has 0 aromatic heterocycles. The minimum atomic E-state index is 0.0160. The summed E-state index contributed by atoms with van der Waals surface area (Å²) >= 11 is 0. The van der Waals surface area contributed by atoms with Crippen molar-refractivity contribution in [1.29, 1.82) is 0 Å². The van der Waals surface area contributed by atoms with E-state index in [-0.39, 0.29) is 11.5 Å². The predicted molar refractivity (Wildman–Crippen MR) is 124 cm³/mol. The maximum atomic E-state index is 10.8. The molecule has 5 rings (SSSR count). The van der Waals surface area contributed by atoms with Gasteiger partial charge >= 0.3 is 0 Å². The Labute approximate surface area is 173 Å². The fourth-order valence-corrected chi connectivity index (χ4v) is 4.07. The highest BCUT2D eigenvalue weighted by atomic mass is 16.3. The maximum Gasteiger partial charge on any atom is 0.146 e. The molecule has 4 heteroatoms. The minimum absolute atomic E-state index is 0.0160. The summed E-state index contributed by atoms with van der Waals surface area (Å²) < 4.78 is 0. The van der Waals surface area contributed by atoms with Crippen molar-refractivity contribution in [2.24, 2.45) is 0 Å². The first-order chi connectivity index (χ1) is 14.5. The van der Waals surface area contributed by atoms with Gasteiger partial charge in [-0.3, -0.25) is 0 Å². The van der Waals surface area contributed by atoms with Crippen LogP contribution in [-0.2, 0) is 0 Å². The molecule has 30 heavy (non-hydrogen) atoms. The van der Waals surface area contributed by atoms with E-state index in [0.29, 0.717) is 22.5 Å². The Balaban J connectivity index is 1.96. The molecule has 4 nitrogen and oxygen atoms in total. The molecule has 0 aliphatic rings. The van der Waals surface area contributed by atoms with Gasteiger partial charge in [0.1, 0.15) is 11.5 Å². The number of hydrogen-bond acceptors (Lipinski definition) is 4. The number of nitrogens with two attached hydrogens (primary N) is 2. The van der Waals surface area contributed by atoms with E-state index in [0.717, 1.165) is 32.7 Å². The smallest absolute Gasteiger partial charge is 0.146 e. The zero-order valence-electron chi connectivity index (χ0n) is 16.1. The third-order valence-corrected chi connectivity index (χ3v) is 5.58. The molecule has 0 heterocycles. The first kappa shape index (κ1) is 17.9. The van der Waals surface area contributed by atoms with Crippen LogP contribution in [0.5, 0.6) is 11.5 Å². The first-order valence-corrected chi connectivity index (χ1v) is 9.66. The molecule has 146 valence electrons. The van der Waals surface area contributed by atoms with Gasteiger partial charge in [0.15, 0.2) is 0 Å². The van der Waals surface area contributed by atoms with Gasteiger partial charge in [-0.1, -0.05) is 60.7 Å². The Hall–Kier alpha value is -4.18. The first-order valence-electron chi connectivity index (χ1n) is 9.66. The summed E-state index contributed by atoms with van der Waals surface area (Å²) in [4.78, 5) is 0. The van der Waals surface area contributed by atoms with Crippen LogP contribution in [0, 0.1) is 0 Å². The van der Waals surface area contributed by atoms with Gasteiger partial charge in [0.2, 0.25) is 0 Å². The Morgan fingerprint density at radius 2 is 1.10 bits per heavy atom. The Bertz CT molecular complexity index is 1440. The molecule has 5 aromatic rings. The molecule has 0 bridgehead atoms. The van der Waals surface area contributed by atoms with E-state index in [4.69, 9.17) is 11.5 Å². The molecule has 0 saturated carbocycles. The average molecular weight is 392 g/mol. The van der Waals surface area contributed by atoms with Gasteiger partial charge in [0.25, 0.3) is 0 Å². The Morgan fingerprint density at radius 1 is 0.500 bits per heavy atom. The number of nitrogen functional groups attached to an aromatic ring is 2. The highest BCUT2D eigenvalue weighted by Gasteiger charge is 2.19. The minimum Gasteiger partial charge on any atom is -0.505 e. The van der Waals surface area contributed by atoms with Crippen LogP contribution in [0.3, 0.4) is 0 Å². The van der Waals surface area contributed by atoms with Crippen LogP contribution >= 0.6 is 0 Å². The molecule has 0 unspecified atom stereocenters. The van der Waals surface area contributed by atoms with Crippen molar-refractivity contribution < 1.29 is 10.2 Å². The van der Waals surface area contributed by atoms with Crippen molar-refractivity contribution in [3.63, 3.8) is 0 Å². The van der Waals surface area contributed by atoms with Crippen molar-refractivity contribution in [2.75, 3.05) is 11.5 Å². The average Bonchev–Trinajstić information content (AvgIpc) is 2.76.